The molecule has 5 rings (SSSR count). The Labute approximate surface area is 182 Å². The van der Waals surface area contributed by atoms with E-state index in [4.69, 9.17) is 4.74 Å². The Morgan fingerprint density at radius 1 is 0.935 bits per heavy atom. The summed E-state index contributed by atoms with van der Waals surface area (Å²) in [6.07, 6.45) is 7.45. The van der Waals surface area contributed by atoms with Crippen LogP contribution in [-0.4, -0.2) is 37.5 Å². The summed E-state index contributed by atoms with van der Waals surface area (Å²) in [6, 6.07) is 6.08. The lowest BCUT2D eigenvalue weighted by Crippen LogP contribution is -2.53. The van der Waals surface area contributed by atoms with Gasteiger partial charge in [-0.1, -0.05) is 12.1 Å². The number of amides is 2. The average Bonchev–Trinajstić information content (AvgIpc) is 2.72. The van der Waals surface area contributed by atoms with Gasteiger partial charge < -0.3 is 15.4 Å². The molecule has 1 aromatic rings. The van der Waals surface area contributed by atoms with Crippen molar-refractivity contribution in [2.24, 2.45) is 23.2 Å². The zero-order valence-corrected chi connectivity index (χ0v) is 17.8. The molecule has 4 aliphatic rings. The SMILES string of the molecule is O=C(COC(=O)CCNC(=O)C12CC3CC(CC(C3)C1)C2)NCCc1ccc(F)cc1. The van der Waals surface area contributed by atoms with Crippen LogP contribution in [0, 0.1) is 29.0 Å². The first-order valence-corrected chi connectivity index (χ1v) is 11.4. The first-order chi connectivity index (χ1) is 14.9. The van der Waals surface area contributed by atoms with Crippen LogP contribution in [0.1, 0.15) is 50.5 Å². The summed E-state index contributed by atoms with van der Waals surface area (Å²) in [5.74, 6) is 1.01. The third-order valence-corrected chi connectivity index (χ3v) is 7.15. The zero-order chi connectivity index (χ0) is 21.8. The quantitative estimate of drug-likeness (QED) is 0.590. The maximum Gasteiger partial charge on any atom is 0.308 e. The van der Waals surface area contributed by atoms with Crippen LogP contribution < -0.4 is 10.6 Å². The van der Waals surface area contributed by atoms with Crippen molar-refractivity contribution in [2.75, 3.05) is 19.7 Å². The molecule has 0 radical (unpaired) electrons. The van der Waals surface area contributed by atoms with Gasteiger partial charge in [-0.25, -0.2) is 4.39 Å². The fourth-order valence-electron chi connectivity index (χ4n) is 6.12. The first kappa shape index (κ1) is 21.8. The topological polar surface area (TPSA) is 84.5 Å². The number of halogens is 1. The summed E-state index contributed by atoms with van der Waals surface area (Å²) in [6.45, 7) is 0.278. The monoisotopic (exact) mass is 430 g/mol. The van der Waals surface area contributed by atoms with E-state index in [2.05, 4.69) is 10.6 Å². The van der Waals surface area contributed by atoms with Crippen molar-refractivity contribution in [1.29, 1.82) is 0 Å². The summed E-state index contributed by atoms with van der Waals surface area (Å²) in [4.78, 5) is 36.6. The van der Waals surface area contributed by atoms with E-state index >= 15 is 0 Å². The molecule has 2 N–H and O–H groups in total. The Morgan fingerprint density at radius 2 is 1.55 bits per heavy atom. The first-order valence-electron chi connectivity index (χ1n) is 11.4. The van der Waals surface area contributed by atoms with Crippen molar-refractivity contribution in [2.45, 2.75) is 51.4 Å². The molecule has 0 aromatic heterocycles. The molecular weight excluding hydrogens is 399 g/mol. The van der Waals surface area contributed by atoms with Gasteiger partial charge in [0.1, 0.15) is 5.82 Å². The second kappa shape index (κ2) is 9.37. The molecule has 4 bridgehead atoms. The number of ether oxygens (including phenoxy) is 1. The normalized spacial score (nSPS) is 28.2. The van der Waals surface area contributed by atoms with Crippen LogP contribution in [0.5, 0.6) is 0 Å². The molecule has 0 heterocycles. The van der Waals surface area contributed by atoms with Crippen molar-refractivity contribution in [3.63, 3.8) is 0 Å². The number of carbonyl (C=O) groups is 3. The molecule has 168 valence electrons. The van der Waals surface area contributed by atoms with Gasteiger partial charge in [-0.15, -0.1) is 0 Å². The minimum Gasteiger partial charge on any atom is -0.456 e. The molecule has 4 saturated carbocycles. The zero-order valence-electron chi connectivity index (χ0n) is 17.8. The molecule has 0 spiro atoms. The molecule has 0 aliphatic heterocycles. The Hall–Kier alpha value is -2.44. The van der Waals surface area contributed by atoms with Crippen molar-refractivity contribution in [3.05, 3.63) is 35.6 Å². The van der Waals surface area contributed by atoms with Gasteiger partial charge in [-0.05, 0) is 80.4 Å². The maximum absolute atomic E-state index is 12.9. The van der Waals surface area contributed by atoms with Gasteiger partial charge in [-0.2, -0.15) is 0 Å². The van der Waals surface area contributed by atoms with Crippen LogP contribution in [0.2, 0.25) is 0 Å². The van der Waals surface area contributed by atoms with Crippen molar-refractivity contribution >= 4 is 17.8 Å². The number of hydrogen-bond donors (Lipinski definition) is 2. The molecule has 1 aromatic carbocycles. The van der Waals surface area contributed by atoms with Crippen LogP contribution in [0.3, 0.4) is 0 Å². The molecule has 2 amide bonds. The van der Waals surface area contributed by atoms with Crippen LogP contribution in [0.4, 0.5) is 4.39 Å². The molecular formula is C24H31FN2O4. The van der Waals surface area contributed by atoms with Gasteiger partial charge in [0, 0.05) is 18.5 Å². The number of carbonyl (C=O) groups excluding carboxylic acids is 3. The van der Waals surface area contributed by atoms with Crippen LogP contribution in [0.15, 0.2) is 24.3 Å². The standard InChI is InChI=1S/C24H31FN2O4/c25-20-3-1-16(2-4-20)5-7-26-21(28)15-31-22(29)6-8-27-23(30)24-12-17-9-18(13-24)11-19(10-17)14-24/h1-4,17-19H,5-15H2,(H,26,28)(H,27,30). The Kier molecular flexibility index (Phi) is 6.58. The van der Waals surface area contributed by atoms with E-state index in [0.29, 0.717) is 30.7 Å². The minimum absolute atomic E-state index is 0.0565. The van der Waals surface area contributed by atoms with E-state index in [1.807, 2.05) is 0 Å². The van der Waals surface area contributed by atoms with E-state index in [0.717, 1.165) is 24.8 Å². The number of hydrogen-bond acceptors (Lipinski definition) is 4. The fourth-order valence-corrected chi connectivity index (χ4v) is 6.12. The summed E-state index contributed by atoms with van der Waals surface area (Å²) in [7, 11) is 0. The summed E-state index contributed by atoms with van der Waals surface area (Å²) in [5.41, 5.74) is 0.691. The average molecular weight is 431 g/mol. The van der Waals surface area contributed by atoms with Gasteiger partial charge in [0.15, 0.2) is 6.61 Å². The molecule has 31 heavy (non-hydrogen) atoms. The molecule has 6 nitrogen and oxygen atoms in total. The highest BCUT2D eigenvalue weighted by Gasteiger charge is 2.54. The van der Waals surface area contributed by atoms with Crippen molar-refractivity contribution < 1.29 is 23.5 Å². The van der Waals surface area contributed by atoms with Crippen LogP contribution in [-0.2, 0) is 25.5 Å². The minimum atomic E-state index is -0.500. The number of rotatable bonds is 9. The summed E-state index contributed by atoms with van der Waals surface area (Å²) < 4.78 is 17.9. The Bertz CT molecular complexity index is 788. The molecule has 0 saturated heterocycles. The van der Waals surface area contributed by atoms with E-state index in [-0.39, 0.29) is 42.6 Å². The third-order valence-electron chi connectivity index (χ3n) is 7.15. The van der Waals surface area contributed by atoms with Crippen LogP contribution in [0.25, 0.3) is 0 Å². The number of esters is 1. The third kappa shape index (κ3) is 5.43. The number of nitrogens with one attached hydrogen (secondary N) is 2. The highest BCUT2D eigenvalue weighted by atomic mass is 19.1. The van der Waals surface area contributed by atoms with E-state index in [1.54, 1.807) is 12.1 Å². The predicted molar refractivity (Wildman–Crippen MR) is 112 cm³/mol. The molecule has 0 unspecified atom stereocenters. The molecule has 0 atom stereocenters. The van der Waals surface area contributed by atoms with Crippen molar-refractivity contribution in [1.82, 2.24) is 10.6 Å². The second-order valence-electron chi connectivity index (χ2n) is 9.59. The van der Waals surface area contributed by atoms with Gasteiger partial charge in [-0.3, -0.25) is 14.4 Å². The molecule has 4 fully saturated rings. The second-order valence-corrected chi connectivity index (χ2v) is 9.59. The van der Waals surface area contributed by atoms with E-state index < -0.39 is 5.97 Å². The summed E-state index contributed by atoms with van der Waals surface area (Å²) in [5, 5.41) is 5.62. The molecule has 4 aliphatic carbocycles. The Morgan fingerprint density at radius 3 is 2.16 bits per heavy atom. The van der Waals surface area contributed by atoms with Gasteiger partial charge in [0.2, 0.25) is 5.91 Å². The fraction of sp³-hybridized carbons (Fsp3) is 0.625. The predicted octanol–water partition coefficient (Wildman–Crippen LogP) is 2.75. The van der Waals surface area contributed by atoms with E-state index in [1.165, 1.54) is 31.4 Å². The lowest BCUT2D eigenvalue weighted by molar-refractivity contribution is -0.149. The Balaban J connectivity index is 1.10. The van der Waals surface area contributed by atoms with Crippen molar-refractivity contribution in [3.8, 4) is 0 Å². The lowest BCUT2D eigenvalue weighted by Gasteiger charge is -2.55. The highest BCUT2D eigenvalue weighted by molar-refractivity contribution is 5.84. The van der Waals surface area contributed by atoms with Gasteiger partial charge >= 0.3 is 5.97 Å². The van der Waals surface area contributed by atoms with Crippen LogP contribution >= 0.6 is 0 Å². The van der Waals surface area contributed by atoms with E-state index in [9.17, 15) is 18.8 Å². The molecule has 7 heteroatoms. The van der Waals surface area contributed by atoms with Gasteiger partial charge in [0.25, 0.3) is 5.91 Å². The lowest BCUT2D eigenvalue weighted by atomic mass is 9.49. The summed E-state index contributed by atoms with van der Waals surface area (Å²) >= 11 is 0. The highest BCUT2D eigenvalue weighted by Crippen LogP contribution is 2.60. The largest absolute Gasteiger partial charge is 0.456 e. The smallest absolute Gasteiger partial charge is 0.308 e. The number of benzene rings is 1. The van der Waals surface area contributed by atoms with Gasteiger partial charge in [0.05, 0.1) is 6.42 Å². The maximum atomic E-state index is 12.9.